The Morgan fingerprint density at radius 2 is 2.00 bits per heavy atom. The smallest absolute Gasteiger partial charge is 0.0707 e. The largest absolute Gasteiger partial charge is 0.375 e. The van der Waals surface area contributed by atoms with Crippen LogP contribution in [0.25, 0.3) is 0 Å². The highest BCUT2D eigenvalue weighted by Gasteiger charge is 1.89. The molecule has 0 saturated carbocycles. The van der Waals surface area contributed by atoms with Crippen molar-refractivity contribution in [3.63, 3.8) is 0 Å². The molecule has 3 heteroatoms. The van der Waals surface area contributed by atoms with Gasteiger partial charge in [-0.3, -0.25) is 0 Å². The quantitative estimate of drug-likeness (QED) is 0.488. The number of alkyl halides is 1. The van der Waals surface area contributed by atoms with E-state index in [1.165, 1.54) is 4.90 Å². The van der Waals surface area contributed by atoms with Crippen LogP contribution < -0.4 is 5.32 Å². The first-order valence-corrected chi connectivity index (χ1v) is 5.65. The second-order valence-corrected chi connectivity index (χ2v) is 3.48. The van der Waals surface area contributed by atoms with Crippen LogP contribution in [0.1, 0.15) is 0 Å². The summed E-state index contributed by atoms with van der Waals surface area (Å²) in [5, 5.41) is 3.17. The maximum Gasteiger partial charge on any atom is 0.0707 e. The number of benzene rings is 1. The van der Waals surface area contributed by atoms with E-state index in [2.05, 4.69) is 51.8 Å². The fourth-order valence-corrected chi connectivity index (χ4v) is 1.52. The van der Waals surface area contributed by atoms with Crippen molar-refractivity contribution in [1.82, 2.24) is 0 Å². The Labute approximate surface area is 79.7 Å². The summed E-state index contributed by atoms with van der Waals surface area (Å²) in [6.45, 7) is 0. The van der Waals surface area contributed by atoms with Crippen LogP contribution in [0.3, 0.4) is 0 Å². The zero-order chi connectivity index (χ0) is 8.10. The van der Waals surface area contributed by atoms with E-state index < -0.39 is 0 Å². The van der Waals surface area contributed by atoms with Gasteiger partial charge < -0.3 is 5.32 Å². The molecule has 0 heterocycles. The molecule has 0 saturated heterocycles. The molecule has 1 aromatic rings. The van der Waals surface area contributed by atoms with Crippen molar-refractivity contribution in [3.05, 3.63) is 24.3 Å². The first kappa shape index (κ1) is 8.94. The van der Waals surface area contributed by atoms with Crippen molar-refractivity contribution in [2.45, 2.75) is 4.90 Å². The van der Waals surface area contributed by atoms with Crippen molar-refractivity contribution < 1.29 is 0 Å². The summed E-state index contributed by atoms with van der Waals surface area (Å²) in [7, 11) is 0. The van der Waals surface area contributed by atoms with Crippen LogP contribution >= 0.6 is 27.7 Å². The molecule has 1 rings (SSSR count). The molecule has 11 heavy (non-hydrogen) atoms. The predicted molar refractivity (Wildman–Crippen MR) is 55.6 cm³/mol. The molecule has 0 radical (unpaired) electrons. The molecule has 0 fully saturated rings. The normalized spacial score (nSPS) is 9.64. The molecule has 0 aromatic heterocycles. The SMILES string of the molecule is CSc1ccc(NCBr)cc1. The lowest BCUT2D eigenvalue weighted by Gasteiger charge is -2.01. The summed E-state index contributed by atoms with van der Waals surface area (Å²) in [4.78, 5) is 1.30. The minimum atomic E-state index is 0.797. The maximum atomic E-state index is 3.31. The Balaban J connectivity index is 2.66. The average Bonchev–Trinajstić information content (AvgIpc) is 2.07. The summed E-state index contributed by atoms with van der Waals surface area (Å²) in [6, 6.07) is 8.37. The van der Waals surface area contributed by atoms with Crippen molar-refractivity contribution in [3.8, 4) is 0 Å². The molecule has 0 bridgehead atoms. The van der Waals surface area contributed by atoms with E-state index in [4.69, 9.17) is 0 Å². The molecule has 0 unspecified atom stereocenters. The molecule has 1 N–H and O–H groups in total. The summed E-state index contributed by atoms with van der Waals surface area (Å²) in [5.74, 6) is 0. The van der Waals surface area contributed by atoms with E-state index in [0.717, 1.165) is 11.1 Å². The third kappa shape index (κ3) is 2.75. The minimum absolute atomic E-state index is 0.797. The lowest BCUT2D eigenvalue weighted by Crippen LogP contribution is -1.92. The van der Waals surface area contributed by atoms with Crippen molar-refractivity contribution in [2.24, 2.45) is 0 Å². The number of anilines is 1. The van der Waals surface area contributed by atoms with Gasteiger partial charge in [0.25, 0.3) is 0 Å². The van der Waals surface area contributed by atoms with Gasteiger partial charge in [-0.1, -0.05) is 15.9 Å². The van der Waals surface area contributed by atoms with E-state index in [1.54, 1.807) is 11.8 Å². The summed E-state index contributed by atoms with van der Waals surface area (Å²) >= 11 is 5.06. The van der Waals surface area contributed by atoms with Gasteiger partial charge in [0.1, 0.15) is 0 Å². The van der Waals surface area contributed by atoms with Crippen LogP contribution in [-0.2, 0) is 0 Å². The number of halogens is 1. The molecular formula is C8H10BrNS. The van der Waals surface area contributed by atoms with Crippen molar-refractivity contribution in [2.75, 3.05) is 17.0 Å². The predicted octanol–water partition coefficient (Wildman–Crippen LogP) is 3.17. The molecule has 1 aromatic carbocycles. The maximum absolute atomic E-state index is 3.31. The van der Waals surface area contributed by atoms with Crippen LogP contribution in [0.4, 0.5) is 5.69 Å². The van der Waals surface area contributed by atoms with Gasteiger partial charge in [-0.2, -0.15) is 0 Å². The lowest BCUT2D eigenvalue weighted by atomic mass is 10.3. The van der Waals surface area contributed by atoms with Crippen LogP contribution in [0.5, 0.6) is 0 Å². The monoisotopic (exact) mass is 231 g/mol. The highest BCUT2D eigenvalue weighted by Crippen LogP contribution is 2.17. The molecule has 0 aliphatic carbocycles. The minimum Gasteiger partial charge on any atom is -0.375 e. The molecular weight excluding hydrogens is 222 g/mol. The van der Waals surface area contributed by atoms with Gasteiger partial charge in [-0.05, 0) is 30.5 Å². The van der Waals surface area contributed by atoms with Crippen LogP contribution in [0.15, 0.2) is 29.2 Å². The standard InChI is InChI=1S/C8H10BrNS/c1-11-8-4-2-7(3-5-8)10-6-9/h2-5,10H,6H2,1H3. The van der Waals surface area contributed by atoms with E-state index in [0.29, 0.717) is 0 Å². The Morgan fingerprint density at radius 3 is 2.45 bits per heavy atom. The fraction of sp³-hybridized carbons (Fsp3) is 0.250. The van der Waals surface area contributed by atoms with Gasteiger partial charge in [0.15, 0.2) is 0 Å². The third-order valence-electron chi connectivity index (χ3n) is 1.36. The highest BCUT2D eigenvalue weighted by molar-refractivity contribution is 9.09. The van der Waals surface area contributed by atoms with Crippen molar-refractivity contribution >= 4 is 33.4 Å². The summed E-state index contributed by atoms with van der Waals surface area (Å²) in [5.41, 5.74) is 1.95. The van der Waals surface area contributed by atoms with Gasteiger partial charge in [0.05, 0.1) is 5.45 Å². The molecule has 0 spiro atoms. The second kappa shape index (κ2) is 4.67. The molecule has 0 atom stereocenters. The Kier molecular flexibility index (Phi) is 3.80. The van der Waals surface area contributed by atoms with E-state index in [9.17, 15) is 0 Å². The van der Waals surface area contributed by atoms with Gasteiger partial charge in [-0.15, -0.1) is 11.8 Å². The number of hydrogen-bond donors (Lipinski definition) is 1. The Bertz CT molecular complexity index is 210. The first-order chi connectivity index (χ1) is 5.36. The Hall–Kier alpha value is -0.150. The third-order valence-corrected chi connectivity index (χ3v) is 2.38. The lowest BCUT2D eigenvalue weighted by molar-refractivity contribution is 1.41. The van der Waals surface area contributed by atoms with Crippen LogP contribution in [0, 0.1) is 0 Å². The molecule has 0 aliphatic heterocycles. The zero-order valence-electron chi connectivity index (χ0n) is 6.30. The van der Waals surface area contributed by atoms with Crippen LogP contribution in [0.2, 0.25) is 0 Å². The Morgan fingerprint density at radius 1 is 1.36 bits per heavy atom. The number of hydrogen-bond acceptors (Lipinski definition) is 2. The molecule has 0 amide bonds. The second-order valence-electron chi connectivity index (χ2n) is 2.04. The van der Waals surface area contributed by atoms with Crippen molar-refractivity contribution in [1.29, 1.82) is 0 Å². The zero-order valence-corrected chi connectivity index (χ0v) is 8.71. The van der Waals surface area contributed by atoms with Gasteiger partial charge in [0, 0.05) is 10.6 Å². The molecule has 0 aliphatic rings. The van der Waals surface area contributed by atoms with E-state index >= 15 is 0 Å². The number of nitrogens with one attached hydrogen (secondary N) is 1. The number of thioether (sulfide) groups is 1. The summed E-state index contributed by atoms with van der Waals surface area (Å²) in [6.07, 6.45) is 2.08. The first-order valence-electron chi connectivity index (χ1n) is 3.30. The van der Waals surface area contributed by atoms with E-state index in [1.807, 2.05) is 0 Å². The van der Waals surface area contributed by atoms with Gasteiger partial charge >= 0.3 is 0 Å². The molecule has 1 nitrogen and oxygen atoms in total. The fourth-order valence-electron chi connectivity index (χ4n) is 0.786. The molecule has 60 valence electrons. The topological polar surface area (TPSA) is 12.0 Å². The highest BCUT2D eigenvalue weighted by atomic mass is 79.9. The summed E-state index contributed by atoms with van der Waals surface area (Å²) < 4.78 is 0. The average molecular weight is 232 g/mol. The van der Waals surface area contributed by atoms with Gasteiger partial charge in [-0.25, -0.2) is 0 Å². The van der Waals surface area contributed by atoms with E-state index in [-0.39, 0.29) is 0 Å². The number of rotatable bonds is 3. The van der Waals surface area contributed by atoms with Gasteiger partial charge in [0.2, 0.25) is 0 Å². The van der Waals surface area contributed by atoms with Crippen LogP contribution in [-0.4, -0.2) is 11.7 Å².